The van der Waals surface area contributed by atoms with Crippen LogP contribution >= 0.6 is 7.26 Å². The van der Waals surface area contributed by atoms with Gasteiger partial charge in [0.25, 0.3) is 0 Å². The van der Waals surface area contributed by atoms with Crippen LogP contribution in [0.4, 0.5) is 0 Å². The Morgan fingerprint density at radius 3 is 1.17 bits per heavy atom. The molecule has 0 aliphatic heterocycles. The van der Waals surface area contributed by atoms with Crippen molar-refractivity contribution in [2.24, 2.45) is 5.41 Å². The molecule has 0 saturated heterocycles. The van der Waals surface area contributed by atoms with Crippen molar-refractivity contribution in [2.75, 3.05) is 6.16 Å². The summed E-state index contributed by atoms with van der Waals surface area (Å²) in [5, 5.41) is 33.2. The zero-order chi connectivity index (χ0) is 21.1. The molecule has 0 unspecified atom stereocenters. The second-order valence-corrected chi connectivity index (χ2v) is 13.0. The molecule has 0 atom stereocenters. The molecule has 0 heterocycles. The van der Waals surface area contributed by atoms with Crippen LogP contribution in [0.25, 0.3) is 0 Å². The van der Waals surface area contributed by atoms with Gasteiger partial charge in [0.15, 0.2) is 0 Å². The summed E-state index contributed by atoms with van der Waals surface area (Å²) in [6, 6.07) is 22.7. The third-order valence-corrected chi connectivity index (χ3v) is 10.6. The number of benzene rings is 3. The Hall–Kier alpha value is -2.51. The summed E-state index contributed by atoms with van der Waals surface area (Å²) in [5.74, 6) is 0.758. The van der Waals surface area contributed by atoms with Crippen molar-refractivity contribution in [1.82, 2.24) is 0 Å². The maximum atomic E-state index is 9.87. The number of rotatable bonds is 6. The number of aromatic hydroxyl groups is 3. The summed E-state index contributed by atoms with van der Waals surface area (Å²) >= 11 is 0. The number of phenolic OH excluding ortho intramolecular Hbond substituents is 3. The van der Waals surface area contributed by atoms with E-state index in [0.29, 0.717) is 0 Å². The van der Waals surface area contributed by atoms with E-state index >= 15 is 0 Å². The molecule has 0 spiro atoms. The molecule has 3 rings (SSSR count). The second-order valence-electron chi connectivity index (χ2n) is 8.96. The molecule has 29 heavy (non-hydrogen) atoms. The molecule has 0 radical (unpaired) electrons. The first-order valence-corrected chi connectivity index (χ1v) is 12.3. The van der Waals surface area contributed by atoms with E-state index < -0.39 is 7.26 Å². The van der Waals surface area contributed by atoms with Gasteiger partial charge in [0, 0.05) is 0 Å². The molecule has 0 saturated carbocycles. The van der Waals surface area contributed by atoms with Gasteiger partial charge in [-0.15, -0.1) is 0 Å². The Labute approximate surface area is 174 Å². The van der Waals surface area contributed by atoms with E-state index in [-0.39, 0.29) is 22.7 Å². The normalized spacial score (nSPS) is 12.7. The molecule has 3 aromatic carbocycles. The van der Waals surface area contributed by atoms with Gasteiger partial charge in [-0.05, 0) is 0 Å². The zero-order valence-corrected chi connectivity index (χ0v) is 18.4. The predicted octanol–water partition coefficient (Wildman–Crippen LogP) is 4.66. The second kappa shape index (κ2) is 8.47. The Morgan fingerprint density at radius 2 is 0.897 bits per heavy atom. The third-order valence-electron chi connectivity index (χ3n) is 5.56. The van der Waals surface area contributed by atoms with E-state index in [2.05, 4.69) is 20.8 Å². The predicted molar refractivity (Wildman–Crippen MR) is 125 cm³/mol. The molecule has 3 nitrogen and oxygen atoms in total. The number of hydrogen-bond acceptors (Lipinski definition) is 3. The summed E-state index contributed by atoms with van der Waals surface area (Å²) in [4.78, 5) is 0. The fraction of sp³-hybridized carbons (Fsp3) is 0.280. The summed E-state index contributed by atoms with van der Waals surface area (Å²) in [5.41, 5.74) is 0.249. The van der Waals surface area contributed by atoms with E-state index in [4.69, 9.17) is 0 Å². The van der Waals surface area contributed by atoms with Crippen LogP contribution in [0.5, 0.6) is 17.2 Å². The Kier molecular flexibility index (Phi) is 6.19. The maximum absolute atomic E-state index is 9.87. The molecular weight excluding hydrogens is 379 g/mol. The van der Waals surface area contributed by atoms with Gasteiger partial charge in [0.1, 0.15) is 0 Å². The first-order chi connectivity index (χ1) is 13.7. The first kappa shape index (κ1) is 21.2. The average molecular weight is 410 g/mol. The molecular formula is C25H31O3P. The van der Waals surface area contributed by atoms with E-state index in [1.165, 1.54) is 15.9 Å². The van der Waals surface area contributed by atoms with Crippen LogP contribution in [-0.4, -0.2) is 21.5 Å². The van der Waals surface area contributed by atoms with Crippen molar-refractivity contribution in [3.63, 3.8) is 0 Å². The van der Waals surface area contributed by atoms with Crippen LogP contribution in [0, 0.1) is 5.41 Å². The van der Waals surface area contributed by atoms with Crippen LogP contribution in [0.15, 0.2) is 72.8 Å². The fourth-order valence-corrected chi connectivity index (χ4v) is 8.83. The van der Waals surface area contributed by atoms with Crippen molar-refractivity contribution < 1.29 is 15.3 Å². The molecule has 0 aliphatic carbocycles. The van der Waals surface area contributed by atoms with Gasteiger partial charge in [0.2, 0.25) is 0 Å². The topological polar surface area (TPSA) is 60.7 Å². The molecule has 0 amide bonds. The Balaban J connectivity index is 2.20. The van der Waals surface area contributed by atoms with Crippen molar-refractivity contribution in [1.29, 1.82) is 0 Å². The summed E-state index contributed by atoms with van der Waals surface area (Å²) < 4.78 is 0. The Bertz CT molecular complexity index is 813. The zero-order valence-electron chi connectivity index (χ0n) is 17.4. The number of hydrogen-bond donors (Lipinski definition) is 3. The van der Waals surface area contributed by atoms with Crippen LogP contribution in [0.1, 0.15) is 33.6 Å². The van der Waals surface area contributed by atoms with Gasteiger partial charge in [-0.25, -0.2) is 0 Å². The van der Waals surface area contributed by atoms with Crippen molar-refractivity contribution in [3.8, 4) is 17.2 Å². The summed E-state index contributed by atoms with van der Waals surface area (Å²) in [6.45, 7) is 6.79. The molecule has 0 bridgehead atoms. The van der Waals surface area contributed by atoms with E-state index in [1.54, 1.807) is 36.4 Å². The molecule has 3 aromatic rings. The molecule has 0 aliphatic rings. The molecule has 0 aromatic heterocycles. The van der Waals surface area contributed by atoms with Crippen molar-refractivity contribution >= 4 is 23.2 Å². The van der Waals surface area contributed by atoms with Gasteiger partial charge in [-0.3, -0.25) is 0 Å². The number of phenols is 3. The monoisotopic (exact) mass is 410 g/mol. The molecule has 0 fully saturated rings. The van der Waals surface area contributed by atoms with E-state index in [9.17, 15) is 15.3 Å². The van der Waals surface area contributed by atoms with Crippen LogP contribution in [0.2, 0.25) is 0 Å². The van der Waals surface area contributed by atoms with Crippen molar-refractivity contribution in [3.05, 3.63) is 72.8 Å². The standard InChI is InChI=1S/C25H31O3P/c1-25(2,3)17-4-18-29(22-11-5-19(26)6-12-22,23-13-7-20(27)8-14-23)24-15-9-21(28)10-16-24/h5-16,26-29H,4,17-18H2,1-3H3. The SMILES string of the molecule is CC(C)(C)CCC[PH](c1ccc(O)cc1)(c1ccc(O)cc1)c1ccc(O)cc1. The van der Waals surface area contributed by atoms with Gasteiger partial charge < -0.3 is 0 Å². The average Bonchev–Trinajstić information content (AvgIpc) is 2.67. The van der Waals surface area contributed by atoms with Gasteiger partial charge in [-0.1, -0.05) is 0 Å². The summed E-state index contributed by atoms with van der Waals surface area (Å²) in [7, 11) is -2.43. The van der Waals surface area contributed by atoms with E-state index in [0.717, 1.165) is 19.0 Å². The Morgan fingerprint density at radius 1 is 0.586 bits per heavy atom. The first-order valence-electron chi connectivity index (χ1n) is 10.1. The van der Waals surface area contributed by atoms with Gasteiger partial charge in [0.05, 0.1) is 0 Å². The minimum atomic E-state index is -2.43. The molecule has 4 heteroatoms. The minimum absolute atomic E-state index is 0.249. The van der Waals surface area contributed by atoms with Crippen molar-refractivity contribution in [2.45, 2.75) is 33.6 Å². The van der Waals surface area contributed by atoms with Crippen LogP contribution < -0.4 is 15.9 Å². The van der Waals surface area contributed by atoms with Crippen LogP contribution in [0.3, 0.4) is 0 Å². The summed E-state index contributed by atoms with van der Waals surface area (Å²) in [6.07, 6.45) is 3.18. The third kappa shape index (κ3) is 4.92. The van der Waals surface area contributed by atoms with E-state index in [1.807, 2.05) is 36.4 Å². The molecule has 3 N–H and O–H groups in total. The molecule has 154 valence electrons. The van der Waals surface area contributed by atoms with Crippen LogP contribution in [-0.2, 0) is 0 Å². The van der Waals surface area contributed by atoms with Gasteiger partial charge >= 0.3 is 174 Å². The quantitative estimate of drug-likeness (QED) is 0.518. The van der Waals surface area contributed by atoms with Gasteiger partial charge in [-0.2, -0.15) is 0 Å². The fourth-order valence-electron chi connectivity index (χ4n) is 4.05.